The summed E-state index contributed by atoms with van der Waals surface area (Å²) in [6.45, 7) is 2.16. The number of nitrogens with two attached hydrogens (primary N) is 1. The summed E-state index contributed by atoms with van der Waals surface area (Å²) in [4.78, 5) is 22.7. The Labute approximate surface area is 130 Å². The fourth-order valence-corrected chi connectivity index (χ4v) is 2.96. The molecule has 0 bridgehead atoms. The molecule has 2 aromatic rings. The molecule has 0 unspecified atom stereocenters. The van der Waals surface area contributed by atoms with E-state index >= 15 is 0 Å². The number of primary amides is 1. The number of carbonyl (C=O) groups is 1. The number of rotatable bonds is 3. The van der Waals surface area contributed by atoms with Gasteiger partial charge in [0.25, 0.3) is 0 Å². The van der Waals surface area contributed by atoms with Gasteiger partial charge < -0.3 is 10.6 Å². The maximum absolute atomic E-state index is 11.3. The van der Waals surface area contributed by atoms with E-state index in [1.165, 1.54) is 6.42 Å². The van der Waals surface area contributed by atoms with Crippen molar-refractivity contribution in [1.29, 1.82) is 0 Å². The molecule has 1 aromatic heterocycles. The van der Waals surface area contributed by atoms with Gasteiger partial charge in [-0.25, -0.2) is 4.98 Å². The highest BCUT2D eigenvalue weighted by atomic mass is 16.1. The Bertz CT molecular complexity index is 686. The molecule has 2 N–H and O–H groups in total. The average Bonchev–Trinajstić information content (AvgIpc) is 2.55. The second-order valence-corrected chi connectivity index (χ2v) is 5.88. The molecule has 0 spiro atoms. The van der Waals surface area contributed by atoms with Crippen molar-refractivity contribution in [3.63, 3.8) is 0 Å². The van der Waals surface area contributed by atoms with Gasteiger partial charge in [-0.2, -0.15) is 0 Å². The summed E-state index contributed by atoms with van der Waals surface area (Å²) in [5.74, 6) is -0.00890. The molecule has 1 atom stereocenters. The van der Waals surface area contributed by atoms with Crippen LogP contribution in [0.25, 0.3) is 11.3 Å². The van der Waals surface area contributed by atoms with E-state index in [0.29, 0.717) is 11.5 Å². The highest BCUT2D eigenvalue weighted by Gasteiger charge is 2.20. The number of likely N-dealkylation sites (tertiary alicyclic amines) is 1. The van der Waals surface area contributed by atoms with Crippen LogP contribution in [0.4, 0.5) is 0 Å². The summed E-state index contributed by atoms with van der Waals surface area (Å²) >= 11 is 0. The minimum absolute atomic E-state index is 0.422. The standard InChI is InChI=1S/C17H20N4O/c1-21-7-3-6-14(11-21)16-10-19-9-15(20-16)12-4-2-5-13(8-12)17(18)22/h2,4-5,8-10,14H,3,6-7,11H2,1H3,(H2,18,22)/t14-/m0/s1. The van der Waals surface area contributed by atoms with Crippen LogP contribution < -0.4 is 5.73 Å². The minimum atomic E-state index is -0.431. The predicted molar refractivity (Wildman–Crippen MR) is 85.5 cm³/mol. The molecule has 1 saturated heterocycles. The van der Waals surface area contributed by atoms with E-state index < -0.39 is 5.91 Å². The van der Waals surface area contributed by atoms with E-state index in [4.69, 9.17) is 10.7 Å². The first kappa shape index (κ1) is 14.7. The lowest BCUT2D eigenvalue weighted by atomic mass is 9.95. The Morgan fingerprint density at radius 2 is 2.23 bits per heavy atom. The summed E-state index contributed by atoms with van der Waals surface area (Å²) in [5.41, 5.74) is 8.51. The van der Waals surface area contributed by atoms with Crippen molar-refractivity contribution in [3.05, 3.63) is 47.9 Å². The van der Waals surface area contributed by atoms with Gasteiger partial charge in [-0.05, 0) is 38.6 Å². The highest BCUT2D eigenvalue weighted by molar-refractivity contribution is 5.93. The van der Waals surface area contributed by atoms with Crippen LogP contribution in [0.5, 0.6) is 0 Å². The molecule has 1 aromatic carbocycles. The van der Waals surface area contributed by atoms with Crippen LogP contribution in [0.1, 0.15) is 34.8 Å². The molecule has 5 nitrogen and oxygen atoms in total. The summed E-state index contributed by atoms with van der Waals surface area (Å²) < 4.78 is 0. The molecule has 1 aliphatic heterocycles. The molecule has 1 aliphatic rings. The number of benzene rings is 1. The third kappa shape index (κ3) is 3.14. The Morgan fingerprint density at radius 3 is 3.00 bits per heavy atom. The molecular weight excluding hydrogens is 276 g/mol. The highest BCUT2D eigenvalue weighted by Crippen LogP contribution is 2.26. The van der Waals surface area contributed by atoms with Crippen molar-refractivity contribution in [2.24, 2.45) is 5.73 Å². The van der Waals surface area contributed by atoms with E-state index in [-0.39, 0.29) is 0 Å². The van der Waals surface area contributed by atoms with E-state index in [1.807, 2.05) is 18.3 Å². The molecule has 0 saturated carbocycles. The van der Waals surface area contributed by atoms with Crippen LogP contribution >= 0.6 is 0 Å². The fraction of sp³-hybridized carbons (Fsp3) is 0.353. The molecule has 22 heavy (non-hydrogen) atoms. The number of piperidine rings is 1. The largest absolute Gasteiger partial charge is 0.366 e. The number of hydrogen-bond acceptors (Lipinski definition) is 4. The number of likely N-dealkylation sites (N-methyl/N-ethyl adjacent to an activating group) is 1. The van der Waals surface area contributed by atoms with Gasteiger partial charge in [0.1, 0.15) is 0 Å². The van der Waals surface area contributed by atoms with E-state index in [2.05, 4.69) is 16.9 Å². The molecule has 3 rings (SSSR count). The second kappa shape index (κ2) is 6.23. The molecule has 1 fully saturated rings. The molecule has 114 valence electrons. The lowest BCUT2D eigenvalue weighted by Gasteiger charge is -2.29. The molecular formula is C17H20N4O. The maximum atomic E-state index is 11.3. The Kier molecular flexibility index (Phi) is 4.15. The SMILES string of the molecule is CN1CCC[C@H](c2cncc(-c3cccc(C(N)=O)c3)n2)C1. The summed E-state index contributed by atoms with van der Waals surface area (Å²) in [6, 6.07) is 7.22. The minimum Gasteiger partial charge on any atom is -0.366 e. The fourth-order valence-electron chi connectivity index (χ4n) is 2.96. The Balaban J connectivity index is 1.90. The first-order valence-corrected chi connectivity index (χ1v) is 7.54. The van der Waals surface area contributed by atoms with Gasteiger partial charge in [0.15, 0.2) is 0 Å². The monoisotopic (exact) mass is 296 g/mol. The topological polar surface area (TPSA) is 72.1 Å². The zero-order valence-electron chi connectivity index (χ0n) is 12.7. The van der Waals surface area contributed by atoms with Gasteiger partial charge in [-0.1, -0.05) is 12.1 Å². The summed E-state index contributed by atoms with van der Waals surface area (Å²) in [7, 11) is 2.14. The smallest absolute Gasteiger partial charge is 0.248 e. The van der Waals surface area contributed by atoms with Gasteiger partial charge in [0.05, 0.1) is 17.6 Å². The molecule has 0 aliphatic carbocycles. The zero-order valence-corrected chi connectivity index (χ0v) is 12.7. The maximum Gasteiger partial charge on any atom is 0.248 e. The van der Waals surface area contributed by atoms with Gasteiger partial charge in [-0.15, -0.1) is 0 Å². The third-order valence-corrected chi connectivity index (χ3v) is 4.14. The van der Waals surface area contributed by atoms with Gasteiger partial charge in [-0.3, -0.25) is 9.78 Å². The lowest BCUT2D eigenvalue weighted by Crippen LogP contribution is -2.31. The summed E-state index contributed by atoms with van der Waals surface area (Å²) in [5, 5.41) is 0. The van der Waals surface area contributed by atoms with Gasteiger partial charge in [0.2, 0.25) is 5.91 Å². The third-order valence-electron chi connectivity index (χ3n) is 4.14. The number of aromatic nitrogens is 2. The Hall–Kier alpha value is -2.27. The number of hydrogen-bond donors (Lipinski definition) is 1. The predicted octanol–water partition coefficient (Wildman–Crippen LogP) is 2.05. The van der Waals surface area contributed by atoms with Gasteiger partial charge in [0, 0.05) is 29.8 Å². The van der Waals surface area contributed by atoms with Crippen molar-refractivity contribution >= 4 is 5.91 Å². The molecule has 5 heteroatoms. The van der Waals surface area contributed by atoms with Crippen LogP contribution in [-0.2, 0) is 0 Å². The van der Waals surface area contributed by atoms with Crippen molar-refractivity contribution in [1.82, 2.24) is 14.9 Å². The summed E-state index contributed by atoms with van der Waals surface area (Å²) in [6.07, 6.45) is 5.91. The average molecular weight is 296 g/mol. The van der Waals surface area contributed by atoms with Crippen LogP contribution in [0.15, 0.2) is 36.7 Å². The van der Waals surface area contributed by atoms with E-state index in [1.54, 1.807) is 18.3 Å². The van der Waals surface area contributed by atoms with Crippen molar-refractivity contribution in [2.45, 2.75) is 18.8 Å². The molecule has 1 amide bonds. The normalized spacial score (nSPS) is 19.0. The van der Waals surface area contributed by atoms with Crippen LogP contribution in [0.2, 0.25) is 0 Å². The number of nitrogens with zero attached hydrogens (tertiary/aromatic N) is 3. The van der Waals surface area contributed by atoms with Crippen LogP contribution in [-0.4, -0.2) is 40.9 Å². The first-order chi connectivity index (χ1) is 10.6. The van der Waals surface area contributed by atoms with Crippen molar-refractivity contribution < 1.29 is 4.79 Å². The van der Waals surface area contributed by atoms with E-state index in [0.717, 1.165) is 36.5 Å². The van der Waals surface area contributed by atoms with Gasteiger partial charge >= 0.3 is 0 Å². The van der Waals surface area contributed by atoms with Crippen LogP contribution in [0.3, 0.4) is 0 Å². The zero-order chi connectivity index (χ0) is 15.5. The number of carbonyl (C=O) groups excluding carboxylic acids is 1. The Morgan fingerprint density at radius 1 is 1.36 bits per heavy atom. The second-order valence-electron chi connectivity index (χ2n) is 5.88. The van der Waals surface area contributed by atoms with Crippen molar-refractivity contribution in [3.8, 4) is 11.3 Å². The quantitative estimate of drug-likeness (QED) is 0.941. The first-order valence-electron chi connectivity index (χ1n) is 7.54. The molecule has 2 heterocycles. The van der Waals surface area contributed by atoms with Crippen LogP contribution in [0, 0.1) is 0 Å². The molecule has 0 radical (unpaired) electrons. The van der Waals surface area contributed by atoms with Crippen molar-refractivity contribution in [2.75, 3.05) is 20.1 Å². The number of amides is 1. The lowest BCUT2D eigenvalue weighted by molar-refractivity contribution is 0.100. The van der Waals surface area contributed by atoms with E-state index in [9.17, 15) is 4.79 Å².